The number of carboxylic acids is 1. The molecule has 0 bridgehead atoms. The summed E-state index contributed by atoms with van der Waals surface area (Å²) in [6.45, 7) is 0.0123. The summed E-state index contributed by atoms with van der Waals surface area (Å²) in [5.74, 6) is -4.97. The highest BCUT2D eigenvalue weighted by Gasteiger charge is 2.58. The molecule has 44 heavy (non-hydrogen) atoms. The van der Waals surface area contributed by atoms with Gasteiger partial charge in [-0.3, -0.25) is 19.2 Å². The number of benzene rings is 3. The van der Waals surface area contributed by atoms with Crippen LogP contribution in [-0.4, -0.2) is 52.3 Å². The smallest absolute Gasteiger partial charge is 0.416 e. The van der Waals surface area contributed by atoms with Gasteiger partial charge in [0.05, 0.1) is 29.9 Å². The highest BCUT2D eigenvalue weighted by Crippen LogP contribution is 2.44. The van der Waals surface area contributed by atoms with Crippen LogP contribution in [0.5, 0.6) is 0 Å². The van der Waals surface area contributed by atoms with Gasteiger partial charge in [0.25, 0.3) is 0 Å². The summed E-state index contributed by atoms with van der Waals surface area (Å²) in [6, 6.07) is 20.6. The molecule has 0 saturated carbocycles. The Morgan fingerprint density at radius 3 is 2.32 bits per heavy atom. The number of carbonyl (C=O) groups excluding carboxylic acids is 3. The number of carbonyl (C=O) groups is 4. The van der Waals surface area contributed by atoms with Crippen molar-refractivity contribution in [3.63, 3.8) is 0 Å². The van der Waals surface area contributed by atoms with Crippen LogP contribution >= 0.6 is 0 Å². The van der Waals surface area contributed by atoms with E-state index in [1.54, 1.807) is 12.2 Å². The Kier molecular flexibility index (Phi) is 8.84. The standard InChI is InChI=1S/C33H30F3N3O5/c34-33(35,36)23-13-7-10-21(16-23)18-37-30(42)26(17-27(40)41)39-25(15-14-20-8-3-1-4-9-20)29(32(39)44)28-24(19-38-31(28)43)22-11-5-2-6-12-22/h1-16,24-26,28-29H,17-19H2,(H,37,42)(H,38,43)(H,40,41)/t24-,25-,26-,28?,29-/m0/s1. The van der Waals surface area contributed by atoms with E-state index < -0.39 is 59.9 Å². The fourth-order valence-corrected chi connectivity index (χ4v) is 5.99. The maximum absolute atomic E-state index is 13.9. The lowest BCUT2D eigenvalue weighted by molar-refractivity contribution is -0.169. The molecule has 3 N–H and O–H groups in total. The van der Waals surface area contributed by atoms with Gasteiger partial charge in [-0.2, -0.15) is 13.2 Å². The van der Waals surface area contributed by atoms with Crippen molar-refractivity contribution >= 4 is 29.8 Å². The summed E-state index contributed by atoms with van der Waals surface area (Å²) in [6.07, 6.45) is -1.86. The minimum absolute atomic E-state index is 0.156. The van der Waals surface area contributed by atoms with Crippen LogP contribution < -0.4 is 10.6 Å². The quantitative estimate of drug-likeness (QED) is 0.299. The lowest BCUT2D eigenvalue weighted by Crippen LogP contribution is -2.69. The molecule has 3 aromatic carbocycles. The number of likely N-dealkylation sites (tertiary alicyclic amines) is 1. The number of hydrogen-bond donors (Lipinski definition) is 3. The molecule has 11 heteroatoms. The van der Waals surface area contributed by atoms with Gasteiger partial charge in [0.15, 0.2) is 0 Å². The lowest BCUT2D eigenvalue weighted by atomic mass is 9.70. The fourth-order valence-electron chi connectivity index (χ4n) is 5.99. The minimum Gasteiger partial charge on any atom is -0.481 e. The molecule has 3 aromatic rings. The average molecular weight is 606 g/mol. The predicted octanol–water partition coefficient (Wildman–Crippen LogP) is 4.24. The Morgan fingerprint density at radius 2 is 1.66 bits per heavy atom. The molecule has 0 aliphatic carbocycles. The number of nitrogens with one attached hydrogen (secondary N) is 2. The Labute approximate surface area is 251 Å². The molecule has 2 heterocycles. The summed E-state index contributed by atoms with van der Waals surface area (Å²) in [5, 5.41) is 15.0. The normalized spacial score (nSPS) is 22.4. The molecule has 2 aliphatic heterocycles. The molecule has 228 valence electrons. The van der Waals surface area contributed by atoms with Crippen LogP contribution in [0.25, 0.3) is 6.08 Å². The van der Waals surface area contributed by atoms with Crippen molar-refractivity contribution in [3.8, 4) is 0 Å². The number of β-lactam (4-membered cyclic amide) rings is 1. The maximum Gasteiger partial charge on any atom is 0.416 e. The van der Waals surface area contributed by atoms with Gasteiger partial charge < -0.3 is 20.6 Å². The second-order valence-electron chi connectivity index (χ2n) is 10.8. The van der Waals surface area contributed by atoms with E-state index in [9.17, 15) is 37.5 Å². The summed E-state index contributed by atoms with van der Waals surface area (Å²) >= 11 is 0. The van der Waals surface area contributed by atoms with Crippen molar-refractivity contribution in [1.82, 2.24) is 15.5 Å². The van der Waals surface area contributed by atoms with Crippen LogP contribution in [0.2, 0.25) is 0 Å². The number of aliphatic carboxylic acids is 1. The second kappa shape index (κ2) is 12.7. The number of alkyl halides is 3. The summed E-state index contributed by atoms with van der Waals surface area (Å²) in [4.78, 5) is 53.5. The zero-order valence-corrected chi connectivity index (χ0v) is 23.4. The van der Waals surface area contributed by atoms with Crippen molar-refractivity contribution in [2.75, 3.05) is 6.54 Å². The molecule has 0 radical (unpaired) electrons. The highest BCUT2D eigenvalue weighted by atomic mass is 19.4. The zero-order chi connectivity index (χ0) is 31.4. The van der Waals surface area contributed by atoms with Crippen molar-refractivity contribution in [2.24, 2.45) is 11.8 Å². The third-order valence-corrected chi connectivity index (χ3v) is 8.09. The van der Waals surface area contributed by atoms with Crippen LogP contribution in [0.3, 0.4) is 0 Å². The first-order chi connectivity index (χ1) is 21.0. The van der Waals surface area contributed by atoms with Gasteiger partial charge in [-0.1, -0.05) is 84.9 Å². The van der Waals surface area contributed by atoms with Gasteiger partial charge in [-0.15, -0.1) is 0 Å². The maximum atomic E-state index is 13.9. The molecule has 2 saturated heterocycles. The molecule has 0 aromatic heterocycles. The summed E-state index contributed by atoms with van der Waals surface area (Å²) < 4.78 is 39.5. The number of halogens is 3. The monoisotopic (exact) mass is 605 g/mol. The van der Waals surface area contributed by atoms with E-state index in [-0.39, 0.29) is 23.9 Å². The molecule has 5 rings (SSSR count). The lowest BCUT2D eigenvalue weighted by Gasteiger charge is -2.51. The topological polar surface area (TPSA) is 116 Å². The first-order valence-electron chi connectivity index (χ1n) is 14.1. The molecule has 8 nitrogen and oxygen atoms in total. The van der Waals surface area contributed by atoms with Crippen molar-refractivity contribution < 1.29 is 37.5 Å². The first-order valence-corrected chi connectivity index (χ1v) is 14.1. The molecule has 1 unspecified atom stereocenters. The van der Waals surface area contributed by atoms with E-state index in [1.807, 2.05) is 60.7 Å². The average Bonchev–Trinajstić information content (AvgIpc) is 3.38. The number of nitrogens with zero attached hydrogens (tertiary/aromatic N) is 1. The van der Waals surface area contributed by atoms with Crippen LogP contribution in [0.4, 0.5) is 13.2 Å². The second-order valence-corrected chi connectivity index (χ2v) is 10.8. The number of amides is 3. The third-order valence-electron chi connectivity index (χ3n) is 8.09. The Balaban J connectivity index is 1.44. The van der Waals surface area contributed by atoms with Crippen LogP contribution in [0, 0.1) is 11.8 Å². The Morgan fingerprint density at radius 1 is 0.977 bits per heavy atom. The molecule has 5 atom stereocenters. The van der Waals surface area contributed by atoms with Gasteiger partial charge in [0.1, 0.15) is 6.04 Å². The van der Waals surface area contributed by atoms with Crippen molar-refractivity contribution in [1.29, 1.82) is 0 Å². The molecular weight excluding hydrogens is 575 g/mol. The summed E-state index contributed by atoms with van der Waals surface area (Å²) in [5.41, 5.74) is 0.934. The van der Waals surface area contributed by atoms with E-state index in [0.717, 1.165) is 23.3 Å². The van der Waals surface area contributed by atoms with E-state index in [2.05, 4.69) is 10.6 Å². The van der Waals surface area contributed by atoms with Gasteiger partial charge >= 0.3 is 12.1 Å². The van der Waals surface area contributed by atoms with Crippen LogP contribution in [-0.2, 0) is 31.9 Å². The molecular formula is C33H30F3N3O5. The Hall–Kier alpha value is -4.93. The zero-order valence-electron chi connectivity index (χ0n) is 23.4. The minimum atomic E-state index is -4.58. The van der Waals surface area contributed by atoms with Gasteiger partial charge in [-0.05, 0) is 28.8 Å². The summed E-state index contributed by atoms with van der Waals surface area (Å²) in [7, 11) is 0. The van der Waals surface area contributed by atoms with E-state index in [0.29, 0.717) is 6.54 Å². The third kappa shape index (κ3) is 6.51. The van der Waals surface area contributed by atoms with Crippen molar-refractivity contribution in [3.05, 3.63) is 113 Å². The van der Waals surface area contributed by atoms with Crippen LogP contribution in [0.1, 0.15) is 34.6 Å². The largest absolute Gasteiger partial charge is 0.481 e. The number of rotatable bonds is 10. The molecule has 2 fully saturated rings. The highest BCUT2D eigenvalue weighted by molar-refractivity contribution is 5.99. The van der Waals surface area contributed by atoms with E-state index in [1.165, 1.54) is 17.0 Å². The van der Waals surface area contributed by atoms with Gasteiger partial charge in [0, 0.05) is 19.0 Å². The Bertz CT molecular complexity index is 1560. The first kappa shape index (κ1) is 30.5. The van der Waals surface area contributed by atoms with Crippen LogP contribution in [0.15, 0.2) is 91.0 Å². The van der Waals surface area contributed by atoms with E-state index >= 15 is 0 Å². The number of carboxylic acid groups (broad SMARTS) is 1. The molecule has 0 spiro atoms. The van der Waals surface area contributed by atoms with Gasteiger partial charge in [-0.25, -0.2) is 0 Å². The predicted molar refractivity (Wildman–Crippen MR) is 155 cm³/mol. The molecule has 2 aliphatic rings. The SMILES string of the molecule is O=C(O)C[C@@H](C(=O)NCc1cccc(C(F)(F)F)c1)N1C(=O)[C@H](C2C(=O)NC[C@H]2c2ccccc2)[C@@H]1C=Cc1ccccc1. The fraction of sp³-hybridized carbons (Fsp3) is 0.273. The van der Waals surface area contributed by atoms with Crippen molar-refractivity contribution in [2.45, 2.75) is 37.1 Å². The number of hydrogen-bond acceptors (Lipinski definition) is 4. The molecule has 3 amide bonds. The van der Waals surface area contributed by atoms with E-state index in [4.69, 9.17) is 0 Å². The van der Waals surface area contributed by atoms with Gasteiger partial charge in [0.2, 0.25) is 17.7 Å².